The quantitative estimate of drug-likeness (QED) is 0.211. The van der Waals surface area contributed by atoms with E-state index in [4.69, 9.17) is 9.47 Å². The number of carbonyl (C=O) groups is 1. The molecule has 0 radical (unpaired) electrons. The summed E-state index contributed by atoms with van der Waals surface area (Å²) in [6.45, 7) is 12.0. The molecule has 0 bridgehead atoms. The molecule has 2 atom stereocenters. The summed E-state index contributed by atoms with van der Waals surface area (Å²) in [5.74, 6) is -0.318. The number of aliphatic hydroxyl groups is 1. The van der Waals surface area contributed by atoms with Crippen LogP contribution in [0.25, 0.3) is 5.65 Å². The maximum Gasteiger partial charge on any atom is 0.310 e. The number of fused-ring (bicyclic) bond motifs is 2. The van der Waals surface area contributed by atoms with Crippen molar-refractivity contribution in [2.45, 2.75) is 89.8 Å². The van der Waals surface area contributed by atoms with Gasteiger partial charge in [-0.2, -0.15) is 9.29 Å². The van der Waals surface area contributed by atoms with Crippen LogP contribution in [0.1, 0.15) is 79.6 Å². The number of sulfonamides is 1. The molecule has 3 N–H and O–H groups in total. The molecule has 13 nitrogen and oxygen atoms in total. The smallest absolute Gasteiger partial charge is 0.310 e. The van der Waals surface area contributed by atoms with E-state index in [1.54, 1.807) is 19.9 Å². The van der Waals surface area contributed by atoms with Crippen LogP contribution in [0, 0.1) is 26.2 Å². The lowest BCUT2D eigenvalue weighted by molar-refractivity contribution is -0.147. The molecule has 1 spiro atoms. The van der Waals surface area contributed by atoms with Crippen LogP contribution in [-0.2, 0) is 26.1 Å². The van der Waals surface area contributed by atoms with E-state index < -0.39 is 32.9 Å². The third-order valence-electron chi connectivity index (χ3n) is 10.3. The molecule has 50 heavy (non-hydrogen) atoms. The number of rotatable bonds is 10. The van der Waals surface area contributed by atoms with Crippen LogP contribution < -0.4 is 10.1 Å². The van der Waals surface area contributed by atoms with Crippen LogP contribution in [0.2, 0.25) is 0 Å². The summed E-state index contributed by atoms with van der Waals surface area (Å²) in [4.78, 5) is 17.4. The molecule has 4 aromatic rings. The number of carboxylic acid groups (broad SMARTS) is 1. The minimum absolute atomic E-state index is 0.00763. The van der Waals surface area contributed by atoms with Crippen molar-refractivity contribution >= 4 is 27.5 Å². The molecule has 0 saturated carbocycles. The standard InChI is InChI=1S/C36H46N6O7S/c1-22-7-8-26(31(35(5,6)34(44)45)28-11-15-42-25(4)39-40-32(42)24(28)3)19-27(22)20-41-21-36(13-17-48-18-14-36)49-33-29(50(41,46)47)9-10-30(38-33)37-23(2)12-16-43/h7-11,15,19,23,31,43H,12-14,16-18,20-21H2,1-6H3,(H,37,38)(H,44,45)/t23-,31?/m0/s1. The van der Waals surface area contributed by atoms with Crippen molar-refractivity contribution in [1.82, 2.24) is 23.9 Å². The molecule has 268 valence electrons. The summed E-state index contributed by atoms with van der Waals surface area (Å²) in [7, 11) is -4.10. The number of anilines is 1. The predicted octanol–water partition coefficient (Wildman–Crippen LogP) is 4.61. The van der Waals surface area contributed by atoms with Gasteiger partial charge in [-0.3, -0.25) is 9.20 Å². The van der Waals surface area contributed by atoms with E-state index in [1.165, 1.54) is 10.4 Å². The normalized spacial score (nSPS) is 18.6. The number of aromatic nitrogens is 4. The Kier molecular flexibility index (Phi) is 9.68. The summed E-state index contributed by atoms with van der Waals surface area (Å²) in [6, 6.07) is 10.8. The van der Waals surface area contributed by atoms with Gasteiger partial charge in [-0.05, 0) is 94.0 Å². The molecule has 0 amide bonds. The number of carboxylic acids is 1. The zero-order valence-corrected chi connectivity index (χ0v) is 30.2. The van der Waals surface area contributed by atoms with E-state index >= 15 is 0 Å². The molecule has 1 unspecified atom stereocenters. The van der Waals surface area contributed by atoms with Crippen molar-refractivity contribution < 1.29 is 32.9 Å². The Labute approximate surface area is 292 Å². The maximum absolute atomic E-state index is 14.5. The lowest BCUT2D eigenvalue weighted by atomic mass is 9.70. The Bertz CT molecular complexity index is 2020. The Morgan fingerprint density at radius 3 is 2.54 bits per heavy atom. The molecule has 0 aliphatic carbocycles. The van der Waals surface area contributed by atoms with Gasteiger partial charge in [0.25, 0.3) is 0 Å². The van der Waals surface area contributed by atoms with Gasteiger partial charge in [0.15, 0.2) is 5.65 Å². The lowest BCUT2D eigenvalue weighted by Gasteiger charge is -2.38. The number of aryl methyl sites for hydroxylation is 3. The number of benzene rings is 1. The third kappa shape index (κ3) is 6.57. The number of pyridine rings is 2. The summed E-state index contributed by atoms with van der Waals surface area (Å²) in [6.07, 6.45) is 3.33. The maximum atomic E-state index is 14.5. The van der Waals surface area contributed by atoms with E-state index in [0.29, 0.717) is 43.9 Å². The highest BCUT2D eigenvalue weighted by molar-refractivity contribution is 7.89. The Morgan fingerprint density at radius 1 is 1.10 bits per heavy atom. The highest BCUT2D eigenvalue weighted by Crippen LogP contribution is 2.44. The lowest BCUT2D eigenvalue weighted by Crippen LogP contribution is -2.50. The van der Waals surface area contributed by atoms with Crippen LogP contribution in [0.3, 0.4) is 0 Å². The molecular formula is C36H46N6O7S. The van der Waals surface area contributed by atoms with E-state index in [1.807, 2.05) is 62.6 Å². The van der Waals surface area contributed by atoms with Crippen LogP contribution in [-0.4, -0.2) is 86.5 Å². The number of aliphatic carboxylic acids is 1. The zero-order chi connectivity index (χ0) is 36.0. The molecule has 2 aliphatic heterocycles. The van der Waals surface area contributed by atoms with E-state index in [2.05, 4.69) is 20.5 Å². The Balaban J connectivity index is 1.43. The molecule has 14 heteroatoms. The molecule has 6 rings (SSSR count). The van der Waals surface area contributed by atoms with Crippen molar-refractivity contribution in [3.8, 4) is 5.88 Å². The van der Waals surface area contributed by atoms with Gasteiger partial charge in [-0.25, -0.2) is 8.42 Å². The number of nitrogens with zero attached hydrogens (tertiary/aromatic N) is 5. The number of hydrogen-bond acceptors (Lipinski definition) is 10. The summed E-state index contributed by atoms with van der Waals surface area (Å²) in [5.41, 5.74) is 2.58. The van der Waals surface area contributed by atoms with Crippen molar-refractivity contribution in [1.29, 1.82) is 0 Å². The predicted molar refractivity (Wildman–Crippen MR) is 187 cm³/mol. The Hall–Kier alpha value is -4.11. The van der Waals surface area contributed by atoms with Gasteiger partial charge < -0.3 is 25.0 Å². The molecule has 2 aliphatic rings. The van der Waals surface area contributed by atoms with E-state index in [-0.39, 0.29) is 36.5 Å². The summed E-state index contributed by atoms with van der Waals surface area (Å²) >= 11 is 0. The van der Waals surface area contributed by atoms with E-state index in [0.717, 1.165) is 33.6 Å². The average Bonchev–Trinajstić information content (AvgIpc) is 3.41. The molecule has 5 heterocycles. The molecule has 1 saturated heterocycles. The van der Waals surface area contributed by atoms with Gasteiger partial charge in [-0.1, -0.05) is 18.2 Å². The number of ether oxygens (including phenoxy) is 2. The minimum atomic E-state index is -4.10. The van der Waals surface area contributed by atoms with Crippen LogP contribution >= 0.6 is 0 Å². The zero-order valence-electron chi connectivity index (χ0n) is 29.4. The largest absolute Gasteiger partial charge is 0.481 e. The van der Waals surface area contributed by atoms with Gasteiger partial charge in [0, 0.05) is 44.1 Å². The second-order valence-corrected chi connectivity index (χ2v) is 16.1. The second-order valence-electron chi connectivity index (χ2n) is 14.2. The highest BCUT2D eigenvalue weighted by Gasteiger charge is 2.46. The first-order valence-electron chi connectivity index (χ1n) is 17.0. The minimum Gasteiger partial charge on any atom is -0.481 e. The van der Waals surface area contributed by atoms with Gasteiger partial charge in [0.05, 0.1) is 25.2 Å². The second kappa shape index (κ2) is 13.5. The molecule has 1 fully saturated rings. The Morgan fingerprint density at radius 2 is 1.84 bits per heavy atom. The first kappa shape index (κ1) is 35.7. The highest BCUT2D eigenvalue weighted by atomic mass is 32.2. The van der Waals surface area contributed by atoms with Gasteiger partial charge in [0.2, 0.25) is 15.9 Å². The monoisotopic (exact) mass is 706 g/mol. The van der Waals surface area contributed by atoms with Crippen molar-refractivity contribution in [2.75, 3.05) is 31.7 Å². The fraction of sp³-hybridized carbons (Fsp3) is 0.500. The SMILES string of the molecule is Cc1ccc(C(c2ccn3c(C)nnc3c2C)C(C)(C)C(=O)O)cc1CN1CC2(CCOCC2)Oc2nc(N[C@@H](C)CCO)ccc2S1(=O)=O. The van der Waals surface area contributed by atoms with Crippen molar-refractivity contribution in [3.63, 3.8) is 0 Å². The summed E-state index contributed by atoms with van der Waals surface area (Å²) < 4.78 is 44.6. The first-order valence-corrected chi connectivity index (χ1v) is 18.4. The molecular weight excluding hydrogens is 660 g/mol. The fourth-order valence-corrected chi connectivity index (χ4v) is 8.63. The van der Waals surface area contributed by atoms with Gasteiger partial charge in [0.1, 0.15) is 22.1 Å². The third-order valence-corrected chi connectivity index (χ3v) is 12.1. The first-order chi connectivity index (χ1) is 23.7. The fourth-order valence-electron chi connectivity index (χ4n) is 7.09. The molecule has 1 aromatic carbocycles. The van der Waals surface area contributed by atoms with Gasteiger partial charge in [-0.15, -0.1) is 10.2 Å². The topological polar surface area (TPSA) is 168 Å². The van der Waals surface area contributed by atoms with Crippen molar-refractivity contribution in [2.24, 2.45) is 5.41 Å². The average molecular weight is 707 g/mol. The summed E-state index contributed by atoms with van der Waals surface area (Å²) in [5, 5.41) is 31.6. The van der Waals surface area contributed by atoms with Gasteiger partial charge >= 0.3 is 5.97 Å². The van der Waals surface area contributed by atoms with Crippen molar-refractivity contribution in [3.05, 3.63) is 76.2 Å². The van der Waals surface area contributed by atoms with E-state index in [9.17, 15) is 23.4 Å². The number of hydrogen-bond donors (Lipinski definition) is 3. The number of nitrogens with one attached hydrogen (secondary N) is 1. The van der Waals surface area contributed by atoms with Crippen LogP contribution in [0.4, 0.5) is 5.82 Å². The molecule has 3 aromatic heterocycles. The number of aliphatic hydroxyl groups excluding tert-OH is 1. The van der Waals surface area contributed by atoms with Crippen LogP contribution in [0.15, 0.2) is 47.5 Å². The van der Waals surface area contributed by atoms with Crippen LogP contribution in [0.5, 0.6) is 5.88 Å².